The van der Waals surface area contributed by atoms with Crippen LogP contribution < -0.4 is 4.74 Å². The molecular weight excluding hydrogens is 264 g/mol. The molecule has 0 saturated heterocycles. The van der Waals surface area contributed by atoms with Crippen molar-refractivity contribution in [2.24, 2.45) is 0 Å². The van der Waals surface area contributed by atoms with E-state index >= 15 is 0 Å². The summed E-state index contributed by atoms with van der Waals surface area (Å²) in [6, 6.07) is 7.62. The Bertz CT molecular complexity index is 335. The van der Waals surface area contributed by atoms with Crippen LogP contribution in [0, 0.1) is 0 Å². The Morgan fingerprint density at radius 3 is 1.71 bits per heavy atom. The molecule has 1 aromatic rings. The topological polar surface area (TPSA) is 49.7 Å². The molecule has 0 heterocycles. The van der Waals surface area contributed by atoms with E-state index in [0.29, 0.717) is 6.61 Å². The second-order valence-electron chi connectivity index (χ2n) is 5.56. The first kappa shape index (κ1) is 18.0. The molecule has 3 nitrogen and oxygen atoms in total. The van der Waals surface area contributed by atoms with Gasteiger partial charge in [0.2, 0.25) is 0 Å². The van der Waals surface area contributed by atoms with E-state index in [0.717, 1.165) is 30.8 Å². The lowest BCUT2D eigenvalue weighted by Gasteiger charge is -2.06. The first-order valence-corrected chi connectivity index (χ1v) is 8.30. The molecule has 2 N–H and O–H groups in total. The smallest absolute Gasteiger partial charge is 0.119 e. The maximum Gasteiger partial charge on any atom is 0.119 e. The summed E-state index contributed by atoms with van der Waals surface area (Å²) in [6.45, 7) is 1.19. The van der Waals surface area contributed by atoms with Gasteiger partial charge in [-0.3, -0.25) is 0 Å². The lowest BCUT2D eigenvalue weighted by molar-refractivity contribution is 0.281. The van der Waals surface area contributed by atoms with E-state index in [-0.39, 0.29) is 6.61 Å². The SMILES string of the molecule is OCCCCCCCCCCCOc1ccc(CO)cc1. The van der Waals surface area contributed by atoms with Crippen molar-refractivity contribution in [3.63, 3.8) is 0 Å². The number of aliphatic hydroxyl groups is 2. The minimum Gasteiger partial charge on any atom is -0.494 e. The first-order valence-electron chi connectivity index (χ1n) is 8.30. The standard InChI is InChI=1S/C18H30O3/c19-14-8-6-4-2-1-3-5-7-9-15-21-18-12-10-17(16-20)11-13-18/h10-13,19-20H,1-9,14-16H2. The second-order valence-corrected chi connectivity index (χ2v) is 5.56. The molecule has 0 fully saturated rings. The van der Waals surface area contributed by atoms with Gasteiger partial charge in [-0.2, -0.15) is 0 Å². The molecule has 1 rings (SSSR count). The van der Waals surface area contributed by atoms with E-state index in [2.05, 4.69) is 0 Å². The van der Waals surface area contributed by atoms with Crippen molar-refractivity contribution in [1.82, 2.24) is 0 Å². The van der Waals surface area contributed by atoms with E-state index in [1.165, 1.54) is 44.9 Å². The van der Waals surface area contributed by atoms with Crippen LogP contribution in [0.5, 0.6) is 5.75 Å². The van der Waals surface area contributed by atoms with Crippen molar-refractivity contribution in [2.45, 2.75) is 64.4 Å². The molecule has 0 spiro atoms. The number of unbranched alkanes of at least 4 members (excludes halogenated alkanes) is 8. The molecule has 0 aliphatic carbocycles. The number of rotatable bonds is 13. The normalized spacial score (nSPS) is 10.8. The number of hydrogen-bond acceptors (Lipinski definition) is 3. The maximum atomic E-state index is 8.95. The second kappa shape index (κ2) is 12.7. The third-order valence-electron chi connectivity index (χ3n) is 3.68. The molecule has 0 unspecified atom stereocenters. The van der Waals surface area contributed by atoms with Gasteiger partial charge in [0, 0.05) is 6.61 Å². The molecule has 0 bridgehead atoms. The average Bonchev–Trinajstić information content (AvgIpc) is 2.53. The fourth-order valence-corrected chi connectivity index (χ4v) is 2.33. The van der Waals surface area contributed by atoms with E-state index in [1.807, 2.05) is 24.3 Å². The van der Waals surface area contributed by atoms with Gasteiger partial charge >= 0.3 is 0 Å². The Morgan fingerprint density at radius 2 is 1.19 bits per heavy atom. The Kier molecular flexibility index (Phi) is 10.8. The van der Waals surface area contributed by atoms with Crippen LogP contribution >= 0.6 is 0 Å². The van der Waals surface area contributed by atoms with Gasteiger partial charge in [-0.15, -0.1) is 0 Å². The molecule has 0 aliphatic heterocycles. The van der Waals surface area contributed by atoms with Gasteiger partial charge in [-0.1, -0.05) is 57.1 Å². The molecule has 21 heavy (non-hydrogen) atoms. The highest BCUT2D eigenvalue weighted by Gasteiger charge is 1.96. The number of benzene rings is 1. The minimum atomic E-state index is 0.0836. The van der Waals surface area contributed by atoms with Crippen molar-refractivity contribution >= 4 is 0 Å². The summed E-state index contributed by atoms with van der Waals surface area (Å²) >= 11 is 0. The summed E-state index contributed by atoms with van der Waals surface area (Å²) in [5, 5.41) is 17.6. The Balaban J connectivity index is 1.88. The van der Waals surface area contributed by atoms with Gasteiger partial charge in [0.25, 0.3) is 0 Å². The van der Waals surface area contributed by atoms with Gasteiger partial charge < -0.3 is 14.9 Å². The molecular formula is C18H30O3. The summed E-state index contributed by atoms with van der Waals surface area (Å²) in [5.74, 6) is 0.885. The van der Waals surface area contributed by atoms with Crippen molar-refractivity contribution in [2.75, 3.05) is 13.2 Å². The van der Waals surface area contributed by atoms with E-state index < -0.39 is 0 Å². The molecule has 1 aromatic carbocycles. The van der Waals surface area contributed by atoms with Gasteiger partial charge in [-0.05, 0) is 30.5 Å². The molecule has 0 aliphatic rings. The molecule has 0 saturated carbocycles. The lowest BCUT2D eigenvalue weighted by atomic mass is 10.1. The van der Waals surface area contributed by atoms with Crippen LogP contribution in [0.3, 0.4) is 0 Å². The lowest BCUT2D eigenvalue weighted by Crippen LogP contribution is -1.97. The van der Waals surface area contributed by atoms with Crippen LogP contribution in [0.25, 0.3) is 0 Å². The van der Waals surface area contributed by atoms with Crippen molar-refractivity contribution in [3.05, 3.63) is 29.8 Å². The summed E-state index contributed by atoms with van der Waals surface area (Å²) in [6.07, 6.45) is 10.9. The largest absolute Gasteiger partial charge is 0.494 e. The summed E-state index contributed by atoms with van der Waals surface area (Å²) in [5.41, 5.74) is 0.918. The zero-order chi connectivity index (χ0) is 15.2. The van der Waals surface area contributed by atoms with E-state index in [9.17, 15) is 0 Å². The molecule has 0 aromatic heterocycles. The zero-order valence-electron chi connectivity index (χ0n) is 13.1. The monoisotopic (exact) mass is 294 g/mol. The highest BCUT2D eigenvalue weighted by Crippen LogP contribution is 2.13. The zero-order valence-corrected chi connectivity index (χ0v) is 13.1. The number of aliphatic hydroxyl groups excluding tert-OH is 2. The van der Waals surface area contributed by atoms with Gasteiger partial charge in [0.1, 0.15) is 5.75 Å². The van der Waals surface area contributed by atoms with Gasteiger partial charge in [0.05, 0.1) is 13.2 Å². The Morgan fingerprint density at radius 1 is 0.667 bits per heavy atom. The van der Waals surface area contributed by atoms with Crippen molar-refractivity contribution < 1.29 is 14.9 Å². The molecule has 0 atom stereocenters. The summed E-state index contributed by atoms with van der Waals surface area (Å²) in [7, 11) is 0. The molecule has 3 heteroatoms. The van der Waals surface area contributed by atoms with Gasteiger partial charge in [-0.25, -0.2) is 0 Å². The van der Waals surface area contributed by atoms with E-state index in [4.69, 9.17) is 14.9 Å². The minimum absolute atomic E-state index is 0.0836. The maximum absolute atomic E-state index is 8.95. The fraction of sp³-hybridized carbons (Fsp3) is 0.667. The third-order valence-corrected chi connectivity index (χ3v) is 3.68. The van der Waals surface area contributed by atoms with Crippen LogP contribution in [0.1, 0.15) is 63.4 Å². The first-order chi connectivity index (χ1) is 10.4. The Labute approximate surface area is 129 Å². The van der Waals surface area contributed by atoms with Crippen LogP contribution in [0.4, 0.5) is 0 Å². The number of hydrogen-bond donors (Lipinski definition) is 2. The predicted octanol–water partition coefficient (Wildman–Crippen LogP) is 4.06. The van der Waals surface area contributed by atoms with Gasteiger partial charge in [0.15, 0.2) is 0 Å². The summed E-state index contributed by atoms with van der Waals surface area (Å²) in [4.78, 5) is 0. The average molecular weight is 294 g/mol. The van der Waals surface area contributed by atoms with Crippen molar-refractivity contribution in [1.29, 1.82) is 0 Å². The molecule has 120 valence electrons. The van der Waals surface area contributed by atoms with Crippen molar-refractivity contribution in [3.8, 4) is 5.75 Å². The highest BCUT2D eigenvalue weighted by molar-refractivity contribution is 5.26. The third kappa shape index (κ3) is 9.48. The molecule has 0 amide bonds. The van der Waals surface area contributed by atoms with Crippen LogP contribution in [0.15, 0.2) is 24.3 Å². The highest BCUT2D eigenvalue weighted by atomic mass is 16.5. The van der Waals surface area contributed by atoms with E-state index in [1.54, 1.807) is 0 Å². The summed E-state index contributed by atoms with van der Waals surface area (Å²) < 4.78 is 5.67. The quantitative estimate of drug-likeness (QED) is 0.539. The fourth-order valence-electron chi connectivity index (χ4n) is 2.33. The predicted molar refractivity (Wildman–Crippen MR) is 86.5 cm³/mol. The molecule has 0 radical (unpaired) electrons. The van der Waals surface area contributed by atoms with Crippen LogP contribution in [-0.4, -0.2) is 23.4 Å². The van der Waals surface area contributed by atoms with Crippen LogP contribution in [0.2, 0.25) is 0 Å². The van der Waals surface area contributed by atoms with Crippen LogP contribution in [-0.2, 0) is 6.61 Å². The number of ether oxygens (including phenoxy) is 1. The Hall–Kier alpha value is -1.06.